The van der Waals surface area contributed by atoms with Crippen LogP contribution in [0.3, 0.4) is 0 Å². The van der Waals surface area contributed by atoms with Crippen LogP contribution in [-0.2, 0) is 16.5 Å². The van der Waals surface area contributed by atoms with Crippen LogP contribution in [0.1, 0.15) is 62.7 Å². The molecule has 0 aliphatic heterocycles. The van der Waals surface area contributed by atoms with Crippen LogP contribution in [0.4, 0.5) is 0 Å². The van der Waals surface area contributed by atoms with Gasteiger partial charge in [0.1, 0.15) is 5.69 Å². The average Bonchev–Trinajstić information content (AvgIpc) is 3.00. The third kappa shape index (κ3) is 5.22. The number of benzene rings is 1. The predicted octanol–water partition coefficient (Wildman–Crippen LogP) is 4.22. The van der Waals surface area contributed by atoms with Gasteiger partial charge in [0.05, 0.1) is 23.7 Å². The van der Waals surface area contributed by atoms with Gasteiger partial charge in [0.25, 0.3) is 5.91 Å². The first kappa shape index (κ1) is 25.6. The van der Waals surface area contributed by atoms with E-state index in [1.165, 1.54) is 12.0 Å². The zero-order chi connectivity index (χ0) is 24.0. The standard InChI is InChI=1S/C24H31ClN2O5/c1-7-32-14-10-13-27(23(29)18-11-8-9-12-19(18)25)17(4)22(28)20-15(2)21(24(30)31-6)26(5)16(20)3/h8-9,11-12,17H,7,10,13-14H2,1-6H3/t17-/m0/s1. The molecule has 2 rings (SSSR count). The molecule has 1 amide bonds. The van der Waals surface area contributed by atoms with Crippen molar-refractivity contribution in [2.75, 3.05) is 26.9 Å². The SMILES string of the molecule is CCOCCCN(C(=O)c1ccccc1Cl)[C@@H](C)C(=O)c1c(C)c(C(=O)OC)n(C)c1C. The monoisotopic (exact) mass is 462 g/mol. The topological polar surface area (TPSA) is 77.8 Å². The number of carbonyl (C=O) groups excluding carboxylic acids is 3. The molecule has 0 spiro atoms. The van der Waals surface area contributed by atoms with Crippen LogP contribution in [0.5, 0.6) is 0 Å². The minimum atomic E-state index is -0.773. The quantitative estimate of drug-likeness (QED) is 0.300. The number of nitrogens with zero attached hydrogens (tertiary/aromatic N) is 2. The number of methoxy groups -OCH3 is 1. The molecule has 32 heavy (non-hydrogen) atoms. The minimum absolute atomic E-state index is 0.248. The van der Waals surface area contributed by atoms with Gasteiger partial charge in [0.15, 0.2) is 5.78 Å². The number of halogens is 1. The Balaban J connectivity index is 2.44. The van der Waals surface area contributed by atoms with Crippen LogP contribution in [0, 0.1) is 13.8 Å². The minimum Gasteiger partial charge on any atom is -0.464 e. The summed E-state index contributed by atoms with van der Waals surface area (Å²) in [4.78, 5) is 40.7. The van der Waals surface area contributed by atoms with Crippen molar-refractivity contribution < 1.29 is 23.9 Å². The number of hydrogen-bond donors (Lipinski definition) is 0. The maximum absolute atomic E-state index is 13.6. The first-order valence-corrected chi connectivity index (χ1v) is 11.0. The van der Waals surface area contributed by atoms with Crippen LogP contribution in [0.25, 0.3) is 0 Å². The summed E-state index contributed by atoms with van der Waals surface area (Å²) in [5.74, 6) is -1.09. The summed E-state index contributed by atoms with van der Waals surface area (Å²) < 4.78 is 11.9. The molecule has 0 saturated heterocycles. The van der Waals surface area contributed by atoms with Crippen molar-refractivity contribution in [2.45, 2.75) is 40.2 Å². The first-order valence-electron chi connectivity index (χ1n) is 10.6. The predicted molar refractivity (Wildman–Crippen MR) is 124 cm³/mol. The van der Waals surface area contributed by atoms with E-state index in [9.17, 15) is 14.4 Å². The van der Waals surface area contributed by atoms with Crippen molar-refractivity contribution in [1.82, 2.24) is 9.47 Å². The summed E-state index contributed by atoms with van der Waals surface area (Å²) >= 11 is 6.26. The molecule has 0 aliphatic rings. The van der Waals surface area contributed by atoms with E-state index in [2.05, 4.69) is 0 Å². The molecular formula is C24H31ClN2O5. The third-order valence-electron chi connectivity index (χ3n) is 5.66. The highest BCUT2D eigenvalue weighted by atomic mass is 35.5. The second-order valence-corrected chi connectivity index (χ2v) is 7.96. The smallest absolute Gasteiger partial charge is 0.354 e. The van der Waals surface area contributed by atoms with Gasteiger partial charge < -0.3 is 18.9 Å². The van der Waals surface area contributed by atoms with Gasteiger partial charge in [-0.2, -0.15) is 0 Å². The lowest BCUT2D eigenvalue weighted by molar-refractivity contribution is 0.0585. The van der Waals surface area contributed by atoms with Crippen molar-refractivity contribution in [3.05, 3.63) is 57.4 Å². The first-order chi connectivity index (χ1) is 15.2. The van der Waals surface area contributed by atoms with Crippen LogP contribution in [-0.4, -0.2) is 60.0 Å². The summed E-state index contributed by atoms with van der Waals surface area (Å²) in [5, 5.41) is 0.326. The molecule has 0 unspecified atom stereocenters. The number of hydrogen-bond acceptors (Lipinski definition) is 5. The molecule has 1 aromatic carbocycles. The Hall–Kier alpha value is -2.64. The third-order valence-corrected chi connectivity index (χ3v) is 5.99. The fourth-order valence-electron chi connectivity index (χ4n) is 3.82. The molecule has 1 heterocycles. The Bertz CT molecular complexity index is 999. The zero-order valence-corrected chi connectivity index (χ0v) is 20.3. The van der Waals surface area contributed by atoms with Crippen LogP contribution < -0.4 is 0 Å². The van der Waals surface area contributed by atoms with Crippen LogP contribution in [0.2, 0.25) is 5.02 Å². The highest BCUT2D eigenvalue weighted by Crippen LogP contribution is 2.26. The number of rotatable bonds is 10. The number of amides is 1. The van der Waals surface area contributed by atoms with E-state index < -0.39 is 12.0 Å². The number of esters is 1. The summed E-state index contributed by atoms with van der Waals surface area (Å²) in [7, 11) is 3.02. The van der Waals surface area contributed by atoms with Gasteiger partial charge in [-0.15, -0.1) is 0 Å². The number of ether oxygens (including phenoxy) is 2. The van der Waals surface area contributed by atoms with Gasteiger partial charge in [-0.05, 0) is 51.8 Å². The Kier molecular flexibility index (Phi) is 9.04. The van der Waals surface area contributed by atoms with Crippen molar-refractivity contribution in [1.29, 1.82) is 0 Å². The molecule has 7 nitrogen and oxygen atoms in total. The van der Waals surface area contributed by atoms with Gasteiger partial charge in [-0.3, -0.25) is 9.59 Å². The number of ketones is 1. The summed E-state index contributed by atoms with van der Waals surface area (Å²) in [6.07, 6.45) is 0.571. The van der Waals surface area contributed by atoms with E-state index >= 15 is 0 Å². The van der Waals surface area contributed by atoms with Crippen molar-refractivity contribution in [3.8, 4) is 0 Å². The molecule has 2 aromatic rings. The summed E-state index contributed by atoms with van der Waals surface area (Å²) in [5.41, 5.74) is 2.25. The highest BCUT2D eigenvalue weighted by Gasteiger charge is 2.33. The Morgan fingerprint density at radius 1 is 1.19 bits per heavy atom. The molecule has 1 atom stereocenters. The van der Waals surface area contributed by atoms with Crippen LogP contribution >= 0.6 is 11.6 Å². The van der Waals surface area contributed by atoms with Crippen molar-refractivity contribution >= 4 is 29.3 Å². The molecule has 0 bridgehead atoms. The van der Waals surface area contributed by atoms with E-state index in [1.54, 1.807) is 56.7 Å². The molecule has 0 fully saturated rings. The average molecular weight is 463 g/mol. The van der Waals surface area contributed by atoms with E-state index in [4.69, 9.17) is 21.1 Å². The lowest BCUT2D eigenvalue weighted by Crippen LogP contribution is -2.44. The summed E-state index contributed by atoms with van der Waals surface area (Å²) in [6, 6.07) is 6.00. The Labute approximate surface area is 194 Å². The normalized spacial score (nSPS) is 11.8. The maximum Gasteiger partial charge on any atom is 0.354 e. The van der Waals surface area contributed by atoms with Gasteiger partial charge in [0, 0.05) is 38.1 Å². The molecule has 0 N–H and O–H groups in total. The number of Topliss-reactive ketones (excluding diaryl/α,β-unsaturated/α-hetero) is 1. The number of carbonyl (C=O) groups is 3. The second kappa shape index (κ2) is 11.3. The molecule has 1 aromatic heterocycles. The maximum atomic E-state index is 13.6. The fraction of sp³-hybridized carbons (Fsp3) is 0.458. The second-order valence-electron chi connectivity index (χ2n) is 7.55. The van der Waals surface area contributed by atoms with E-state index in [-0.39, 0.29) is 11.7 Å². The Morgan fingerprint density at radius 2 is 1.84 bits per heavy atom. The van der Waals surface area contributed by atoms with Gasteiger partial charge >= 0.3 is 5.97 Å². The van der Waals surface area contributed by atoms with Crippen molar-refractivity contribution in [2.24, 2.45) is 7.05 Å². The lowest BCUT2D eigenvalue weighted by atomic mass is 9.99. The fourth-order valence-corrected chi connectivity index (χ4v) is 4.04. The van der Waals surface area contributed by atoms with Gasteiger partial charge in [0.2, 0.25) is 0 Å². The largest absolute Gasteiger partial charge is 0.464 e. The van der Waals surface area contributed by atoms with Crippen LogP contribution in [0.15, 0.2) is 24.3 Å². The molecule has 174 valence electrons. The molecule has 0 radical (unpaired) electrons. The number of aromatic nitrogens is 1. The van der Waals surface area contributed by atoms with E-state index in [0.29, 0.717) is 59.3 Å². The lowest BCUT2D eigenvalue weighted by Gasteiger charge is -2.29. The zero-order valence-electron chi connectivity index (χ0n) is 19.5. The Morgan fingerprint density at radius 3 is 2.44 bits per heavy atom. The van der Waals surface area contributed by atoms with E-state index in [1.807, 2.05) is 6.92 Å². The van der Waals surface area contributed by atoms with Gasteiger partial charge in [-0.1, -0.05) is 23.7 Å². The van der Waals surface area contributed by atoms with Crippen molar-refractivity contribution in [3.63, 3.8) is 0 Å². The summed E-state index contributed by atoms with van der Waals surface area (Å²) in [6.45, 7) is 8.46. The van der Waals surface area contributed by atoms with E-state index in [0.717, 1.165) is 0 Å². The molecule has 0 saturated carbocycles. The molecular weight excluding hydrogens is 432 g/mol. The van der Waals surface area contributed by atoms with Gasteiger partial charge in [-0.25, -0.2) is 4.79 Å². The molecule has 0 aliphatic carbocycles. The highest BCUT2D eigenvalue weighted by molar-refractivity contribution is 6.33. The molecule has 8 heteroatoms.